The van der Waals surface area contributed by atoms with E-state index in [4.69, 9.17) is 4.74 Å². The third kappa shape index (κ3) is 5.06. The highest BCUT2D eigenvalue weighted by Gasteiger charge is 2.25. The van der Waals surface area contributed by atoms with E-state index in [0.29, 0.717) is 25.7 Å². The molecule has 0 bridgehead atoms. The predicted molar refractivity (Wildman–Crippen MR) is 86.3 cm³/mol. The highest BCUT2D eigenvalue weighted by Crippen LogP contribution is 2.21. The summed E-state index contributed by atoms with van der Waals surface area (Å²) in [6, 6.07) is 0. The Balaban J connectivity index is 0.00000220. The molecule has 1 fully saturated rings. The van der Waals surface area contributed by atoms with Crippen molar-refractivity contribution in [1.82, 2.24) is 20.0 Å². The van der Waals surface area contributed by atoms with Gasteiger partial charge in [-0.15, -0.1) is 24.0 Å². The molecule has 9 heteroatoms. The lowest BCUT2D eigenvalue weighted by Crippen LogP contribution is -2.49. The van der Waals surface area contributed by atoms with Gasteiger partial charge in [0.05, 0.1) is 25.9 Å². The van der Waals surface area contributed by atoms with E-state index in [-0.39, 0.29) is 30.1 Å². The summed E-state index contributed by atoms with van der Waals surface area (Å²) in [5, 5.41) is 6.78. The summed E-state index contributed by atoms with van der Waals surface area (Å²) in [5.74, 6) is 0.475. The number of aliphatic imine (C=N–C) groups is 1. The molecular weight excluding hydrogens is 395 g/mol. The average molecular weight is 415 g/mol. The molecule has 1 unspecified atom stereocenters. The molecule has 0 spiro atoms. The summed E-state index contributed by atoms with van der Waals surface area (Å²) in [6.45, 7) is 1.31. The van der Waals surface area contributed by atoms with Crippen LogP contribution in [0.3, 0.4) is 0 Å². The lowest BCUT2D eigenvalue weighted by Gasteiger charge is -2.34. The molecule has 0 saturated carbocycles. The lowest BCUT2D eigenvalue weighted by molar-refractivity contribution is -0.00828. The summed E-state index contributed by atoms with van der Waals surface area (Å²) in [6.07, 6.45) is 1.12. The molecule has 6 nitrogen and oxygen atoms in total. The predicted octanol–water partition coefficient (Wildman–Crippen LogP) is 1.25. The largest absolute Gasteiger partial charge is 0.370 e. The maximum atomic E-state index is 12.3. The summed E-state index contributed by atoms with van der Waals surface area (Å²) >= 11 is 0. The van der Waals surface area contributed by atoms with Gasteiger partial charge in [-0.3, -0.25) is 9.67 Å². The second-order valence-corrected chi connectivity index (χ2v) is 4.57. The zero-order valence-corrected chi connectivity index (χ0v) is 14.3. The minimum absolute atomic E-state index is 0. The SMILES string of the molecule is CN=C(NCC(F)F)N1CCOC(c2cnn(C)c2)C1.I. The van der Waals surface area contributed by atoms with Crippen LogP contribution in [0.25, 0.3) is 0 Å². The molecule has 1 aliphatic rings. The number of guanidine groups is 1. The number of hydrogen-bond acceptors (Lipinski definition) is 3. The topological polar surface area (TPSA) is 54.7 Å². The van der Waals surface area contributed by atoms with Gasteiger partial charge in [0.1, 0.15) is 6.10 Å². The van der Waals surface area contributed by atoms with Crippen LogP contribution >= 0.6 is 24.0 Å². The standard InChI is InChI=1S/C12H19F2N5O.HI/c1-15-12(16-6-11(13)14)19-3-4-20-10(8-19)9-5-17-18(2)7-9;/h5,7,10-11H,3-4,6,8H2,1-2H3,(H,15,16);1H. The Morgan fingerprint density at radius 3 is 2.95 bits per heavy atom. The second kappa shape index (κ2) is 8.47. The zero-order valence-electron chi connectivity index (χ0n) is 12.0. The van der Waals surface area contributed by atoms with E-state index in [1.54, 1.807) is 17.9 Å². The third-order valence-electron chi connectivity index (χ3n) is 3.09. The first-order chi connectivity index (χ1) is 9.60. The van der Waals surface area contributed by atoms with Crippen LogP contribution in [0.5, 0.6) is 0 Å². The van der Waals surface area contributed by atoms with Crippen molar-refractivity contribution in [2.24, 2.45) is 12.0 Å². The van der Waals surface area contributed by atoms with E-state index in [1.165, 1.54) is 0 Å². The quantitative estimate of drug-likeness (QED) is 0.459. The Morgan fingerprint density at radius 2 is 2.38 bits per heavy atom. The molecule has 2 rings (SSSR count). The van der Waals surface area contributed by atoms with Gasteiger partial charge < -0.3 is 15.0 Å². The number of aromatic nitrogens is 2. The van der Waals surface area contributed by atoms with Crippen molar-refractivity contribution in [2.75, 3.05) is 33.3 Å². The van der Waals surface area contributed by atoms with Gasteiger partial charge in [0.25, 0.3) is 6.43 Å². The van der Waals surface area contributed by atoms with Gasteiger partial charge in [0.15, 0.2) is 5.96 Å². The van der Waals surface area contributed by atoms with Crippen molar-refractivity contribution in [3.8, 4) is 0 Å². The van der Waals surface area contributed by atoms with Crippen LogP contribution in [0.2, 0.25) is 0 Å². The van der Waals surface area contributed by atoms with Crippen molar-refractivity contribution in [3.63, 3.8) is 0 Å². The summed E-state index contributed by atoms with van der Waals surface area (Å²) in [7, 11) is 3.43. The first kappa shape index (κ1) is 18.1. The van der Waals surface area contributed by atoms with Gasteiger partial charge in [-0.2, -0.15) is 5.10 Å². The molecule has 0 radical (unpaired) electrons. The molecule has 1 saturated heterocycles. The van der Waals surface area contributed by atoms with Crippen molar-refractivity contribution >= 4 is 29.9 Å². The molecule has 1 N–H and O–H groups in total. The van der Waals surface area contributed by atoms with Gasteiger partial charge in [-0.05, 0) is 0 Å². The number of ether oxygens (including phenoxy) is 1. The number of alkyl halides is 2. The second-order valence-electron chi connectivity index (χ2n) is 4.57. The van der Waals surface area contributed by atoms with E-state index >= 15 is 0 Å². The molecule has 120 valence electrons. The number of hydrogen-bond donors (Lipinski definition) is 1. The Hall–Kier alpha value is -0.970. The van der Waals surface area contributed by atoms with Gasteiger partial charge >= 0.3 is 0 Å². The Labute approximate surface area is 139 Å². The molecule has 1 aromatic rings. The Kier molecular flexibility index (Phi) is 7.29. The Bertz CT molecular complexity index is 468. The molecule has 0 amide bonds. The summed E-state index contributed by atoms with van der Waals surface area (Å²) < 4.78 is 32.0. The van der Waals surface area contributed by atoms with Crippen LogP contribution in [0.15, 0.2) is 17.4 Å². The fraction of sp³-hybridized carbons (Fsp3) is 0.667. The molecule has 2 heterocycles. The van der Waals surface area contributed by atoms with Crippen LogP contribution in [-0.2, 0) is 11.8 Å². The molecule has 0 aromatic carbocycles. The fourth-order valence-electron chi connectivity index (χ4n) is 2.15. The smallest absolute Gasteiger partial charge is 0.255 e. The van der Waals surface area contributed by atoms with Crippen molar-refractivity contribution in [2.45, 2.75) is 12.5 Å². The minimum Gasteiger partial charge on any atom is -0.370 e. The van der Waals surface area contributed by atoms with Gasteiger partial charge in [0.2, 0.25) is 0 Å². The van der Waals surface area contributed by atoms with Crippen LogP contribution in [-0.4, -0.2) is 60.4 Å². The molecule has 1 aromatic heterocycles. The van der Waals surface area contributed by atoms with Crippen molar-refractivity contribution in [3.05, 3.63) is 18.0 Å². The van der Waals surface area contributed by atoms with E-state index in [0.717, 1.165) is 5.56 Å². The first-order valence-electron chi connectivity index (χ1n) is 6.44. The fourth-order valence-corrected chi connectivity index (χ4v) is 2.15. The van der Waals surface area contributed by atoms with Crippen LogP contribution in [0.1, 0.15) is 11.7 Å². The van der Waals surface area contributed by atoms with Crippen LogP contribution in [0.4, 0.5) is 8.78 Å². The molecular formula is C12H20F2IN5O. The Morgan fingerprint density at radius 1 is 1.62 bits per heavy atom. The maximum absolute atomic E-state index is 12.3. The number of nitrogens with one attached hydrogen (secondary N) is 1. The summed E-state index contributed by atoms with van der Waals surface area (Å²) in [4.78, 5) is 5.96. The average Bonchev–Trinajstić information content (AvgIpc) is 2.86. The molecule has 1 atom stereocenters. The summed E-state index contributed by atoms with van der Waals surface area (Å²) in [5.41, 5.74) is 0.974. The number of rotatable bonds is 3. The molecule has 21 heavy (non-hydrogen) atoms. The number of aryl methyl sites for hydroxylation is 1. The number of nitrogens with zero attached hydrogens (tertiary/aromatic N) is 4. The van der Waals surface area contributed by atoms with Crippen LogP contribution in [0, 0.1) is 0 Å². The van der Waals surface area contributed by atoms with Gasteiger partial charge in [0, 0.05) is 32.4 Å². The highest BCUT2D eigenvalue weighted by atomic mass is 127. The van der Waals surface area contributed by atoms with Crippen molar-refractivity contribution < 1.29 is 13.5 Å². The first-order valence-corrected chi connectivity index (χ1v) is 6.44. The van der Waals surface area contributed by atoms with Crippen LogP contribution < -0.4 is 5.32 Å². The van der Waals surface area contributed by atoms with E-state index in [9.17, 15) is 8.78 Å². The normalized spacial score (nSPS) is 19.6. The lowest BCUT2D eigenvalue weighted by atomic mass is 10.1. The number of halogens is 3. The van der Waals surface area contributed by atoms with E-state index in [1.807, 2.05) is 18.1 Å². The minimum atomic E-state index is -2.40. The maximum Gasteiger partial charge on any atom is 0.255 e. The number of morpholine rings is 1. The zero-order chi connectivity index (χ0) is 14.5. The third-order valence-corrected chi connectivity index (χ3v) is 3.09. The van der Waals surface area contributed by atoms with Gasteiger partial charge in [-0.25, -0.2) is 8.78 Å². The van der Waals surface area contributed by atoms with Crippen molar-refractivity contribution in [1.29, 1.82) is 0 Å². The van der Waals surface area contributed by atoms with E-state index < -0.39 is 13.0 Å². The monoisotopic (exact) mass is 415 g/mol. The highest BCUT2D eigenvalue weighted by molar-refractivity contribution is 14.0. The molecule has 1 aliphatic heterocycles. The molecule has 0 aliphatic carbocycles. The van der Waals surface area contributed by atoms with E-state index in [2.05, 4.69) is 15.4 Å². The van der Waals surface area contributed by atoms with Gasteiger partial charge in [-0.1, -0.05) is 0 Å².